The molecule has 3 N–H and O–H groups in total. The molecule has 34 heavy (non-hydrogen) atoms. The number of rotatable bonds is 5. The molecule has 0 saturated carbocycles. The Morgan fingerprint density at radius 3 is 2.50 bits per heavy atom. The van der Waals surface area contributed by atoms with Crippen LogP contribution in [0.4, 0.5) is 14.6 Å². The van der Waals surface area contributed by atoms with Crippen molar-refractivity contribution >= 4 is 37.6 Å². The number of benzene rings is 2. The third kappa shape index (κ3) is 3.99. The van der Waals surface area contributed by atoms with E-state index in [1.807, 2.05) is 0 Å². The van der Waals surface area contributed by atoms with Gasteiger partial charge in [-0.15, -0.1) is 0 Å². The highest BCUT2D eigenvalue weighted by molar-refractivity contribution is 7.88. The molecule has 1 fully saturated rings. The van der Waals surface area contributed by atoms with Gasteiger partial charge >= 0.3 is 0 Å². The van der Waals surface area contributed by atoms with Gasteiger partial charge in [0.15, 0.2) is 5.82 Å². The second-order valence-corrected chi connectivity index (χ2v) is 10.5. The van der Waals surface area contributed by atoms with Gasteiger partial charge in [0, 0.05) is 29.9 Å². The van der Waals surface area contributed by atoms with Gasteiger partial charge in [-0.2, -0.15) is 5.10 Å². The minimum Gasteiger partial charge on any atom is -0.392 e. The van der Waals surface area contributed by atoms with Crippen LogP contribution in [0.3, 0.4) is 0 Å². The molecule has 5 rings (SSSR count). The number of H-pyrrole nitrogens is 1. The van der Waals surface area contributed by atoms with Crippen LogP contribution >= 0.6 is 0 Å². The highest BCUT2D eigenvalue weighted by Gasteiger charge is 2.26. The molecule has 3 heterocycles. The first-order valence-electron chi connectivity index (χ1n) is 10.8. The molecule has 1 aliphatic rings. The van der Waals surface area contributed by atoms with Crippen molar-refractivity contribution in [2.24, 2.45) is 0 Å². The number of fused-ring (bicyclic) bond motifs is 3. The first-order chi connectivity index (χ1) is 16.3. The summed E-state index contributed by atoms with van der Waals surface area (Å²) in [6.45, 7) is 0.560. The zero-order chi connectivity index (χ0) is 24.0. The fourth-order valence-corrected chi connectivity index (χ4v) is 5.32. The average molecular weight is 488 g/mol. The van der Waals surface area contributed by atoms with Crippen molar-refractivity contribution in [2.75, 3.05) is 24.7 Å². The van der Waals surface area contributed by atoms with Gasteiger partial charge in [0.2, 0.25) is 10.0 Å². The quantitative estimate of drug-likeness (QED) is 0.398. The number of pyridine rings is 1. The lowest BCUT2D eigenvalue weighted by atomic mass is 9.99. The number of aromatic amines is 1. The van der Waals surface area contributed by atoms with Crippen molar-refractivity contribution in [2.45, 2.75) is 25.5 Å². The largest absolute Gasteiger partial charge is 0.392 e. The van der Waals surface area contributed by atoms with Crippen LogP contribution in [0.5, 0.6) is 0 Å². The Morgan fingerprint density at radius 1 is 1.15 bits per heavy atom. The Kier molecular flexibility index (Phi) is 5.70. The van der Waals surface area contributed by atoms with Crippen LogP contribution < -0.4 is 5.32 Å². The van der Waals surface area contributed by atoms with Crippen molar-refractivity contribution in [1.29, 1.82) is 0 Å². The molecule has 0 radical (unpaired) electrons. The number of aromatic nitrogens is 3. The normalized spacial score (nSPS) is 15.9. The van der Waals surface area contributed by atoms with Gasteiger partial charge in [0.05, 0.1) is 29.6 Å². The molecule has 0 atom stereocenters. The predicted molar refractivity (Wildman–Crippen MR) is 126 cm³/mol. The Morgan fingerprint density at radius 2 is 1.85 bits per heavy atom. The van der Waals surface area contributed by atoms with Crippen molar-refractivity contribution in [3.8, 4) is 11.3 Å². The first-order valence-corrected chi connectivity index (χ1v) is 12.7. The molecule has 2 aromatic carbocycles. The predicted octanol–water partition coefficient (Wildman–Crippen LogP) is 3.38. The zero-order valence-electron chi connectivity index (χ0n) is 18.3. The molecule has 0 spiro atoms. The third-order valence-electron chi connectivity index (χ3n) is 6.22. The smallest absolute Gasteiger partial charge is 0.211 e. The van der Waals surface area contributed by atoms with Crippen LogP contribution in [-0.4, -0.2) is 58.4 Å². The molecule has 1 aliphatic heterocycles. The van der Waals surface area contributed by atoms with Crippen LogP contribution in [0.25, 0.3) is 33.1 Å². The number of aliphatic hydroxyl groups is 1. The summed E-state index contributed by atoms with van der Waals surface area (Å²) in [5.74, 6) is -1.05. The van der Waals surface area contributed by atoms with Crippen LogP contribution in [-0.2, 0) is 16.6 Å². The summed E-state index contributed by atoms with van der Waals surface area (Å²) in [7, 11) is -3.24. The average Bonchev–Trinajstić information content (AvgIpc) is 3.21. The number of aliphatic hydroxyl groups excluding tert-OH is 1. The summed E-state index contributed by atoms with van der Waals surface area (Å²) >= 11 is 0. The summed E-state index contributed by atoms with van der Waals surface area (Å²) in [5.41, 5.74) is 1.47. The van der Waals surface area contributed by atoms with E-state index in [2.05, 4.69) is 20.5 Å². The van der Waals surface area contributed by atoms with E-state index in [1.165, 1.54) is 28.8 Å². The van der Waals surface area contributed by atoms with Gasteiger partial charge in [0.1, 0.15) is 17.2 Å². The summed E-state index contributed by atoms with van der Waals surface area (Å²) < 4.78 is 54.5. The lowest BCUT2D eigenvalue weighted by Gasteiger charge is -2.30. The Balaban J connectivity index is 1.61. The molecule has 178 valence electrons. The van der Waals surface area contributed by atoms with Gasteiger partial charge in [-0.1, -0.05) is 18.2 Å². The maximum atomic E-state index is 14.8. The van der Waals surface area contributed by atoms with Gasteiger partial charge in [0.25, 0.3) is 0 Å². The zero-order valence-corrected chi connectivity index (χ0v) is 19.2. The minimum absolute atomic E-state index is 0.0348. The Bertz CT molecular complexity index is 1480. The monoisotopic (exact) mass is 487 g/mol. The number of hydrogen-bond donors (Lipinski definition) is 3. The molecule has 0 unspecified atom stereocenters. The molecule has 0 bridgehead atoms. The first kappa shape index (κ1) is 22.6. The number of nitrogens with zero attached hydrogens (tertiary/aromatic N) is 3. The molecule has 8 nitrogen and oxygen atoms in total. The van der Waals surface area contributed by atoms with E-state index >= 15 is 0 Å². The van der Waals surface area contributed by atoms with Gasteiger partial charge < -0.3 is 10.4 Å². The third-order valence-corrected chi connectivity index (χ3v) is 7.52. The molecule has 11 heteroatoms. The van der Waals surface area contributed by atoms with Crippen LogP contribution in [0, 0.1) is 11.6 Å². The van der Waals surface area contributed by atoms with Crippen molar-refractivity contribution in [3.05, 3.63) is 53.6 Å². The van der Waals surface area contributed by atoms with Gasteiger partial charge in [-0.05, 0) is 36.6 Å². The number of piperidine rings is 1. The molecule has 4 aromatic rings. The SMILES string of the molecule is CS(=O)(=O)N1CCC(Nc2n[nH]c3c2nc(-c2c(F)cccc2F)c2cc(CO)ccc23)CC1. The van der Waals surface area contributed by atoms with E-state index in [1.54, 1.807) is 18.2 Å². The summed E-state index contributed by atoms with van der Waals surface area (Å²) in [4.78, 5) is 4.63. The van der Waals surface area contributed by atoms with Crippen LogP contribution in [0.1, 0.15) is 18.4 Å². The fourth-order valence-electron chi connectivity index (χ4n) is 4.45. The number of nitrogens with one attached hydrogen (secondary N) is 2. The van der Waals surface area contributed by atoms with E-state index in [9.17, 15) is 22.3 Å². The second-order valence-electron chi connectivity index (χ2n) is 8.47. The van der Waals surface area contributed by atoms with Gasteiger partial charge in [-0.25, -0.2) is 26.5 Å². The number of sulfonamides is 1. The maximum absolute atomic E-state index is 14.8. The standard InChI is InChI=1S/C23H23F2N5O3S/c1-34(32,33)30-9-7-14(8-10-30)26-23-22-21(28-29-23)15-6-5-13(12-31)11-16(15)20(27-22)19-17(24)3-2-4-18(19)25/h2-6,11,14,31H,7-10,12H2,1H3,(H2,26,28,29). The number of anilines is 1. The minimum atomic E-state index is -3.24. The topological polar surface area (TPSA) is 111 Å². The summed E-state index contributed by atoms with van der Waals surface area (Å²) in [5, 5.41) is 21.4. The highest BCUT2D eigenvalue weighted by Crippen LogP contribution is 2.37. The maximum Gasteiger partial charge on any atom is 0.211 e. The lowest BCUT2D eigenvalue weighted by Crippen LogP contribution is -2.41. The fraction of sp³-hybridized carbons (Fsp3) is 0.304. The summed E-state index contributed by atoms with van der Waals surface area (Å²) in [6.07, 6.45) is 2.37. The van der Waals surface area contributed by atoms with Crippen LogP contribution in [0.15, 0.2) is 36.4 Å². The lowest BCUT2D eigenvalue weighted by molar-refractivity contribution is 0.282. The van der Waals surface area contributed by atoms with Crippen molar-refractivity contribution in [3.63, 3.8) is 0 Å². The number of halogens is 2. The Hall–Kier alpha value is -3.15. The molecular formula is C23H23F2N5O3S. The van der Waals surface area contributed by atoms with Crippen molar-refractivity contribution in [1.82, 2.24) is 19.5 Å². The molecule has 2 aromatic heterocycles. The molecule has 0 aliphatic carbocycles. The molecular weight excluding hydrogens is 464 g/mol. The van der Waals surface area contributed by atoms with E-state index < -0.39 is 21.7 Å². The van der Waals surface area contributed by atoms with Gasteiger partial charge in [-0.3, -0.25) is 5.10 Å². The molecule has 0 amide bonds. The van der Waals surface area contributed by atoms with Crippen LogP contribution in [0.2, 0.25) is 0 Å². The van der Waals surface area contributed by atoms with E-state index in [0.717, 1.165) is 0 Å². The van der Waals surface area contributed by atoms with E-state index in [0.29, 0.717) is 59.1 Å². The number of hydrogen-bond acceptors (Lipinski definition) is 6. The second kappa shape index (κ2) is 8.57. The van der Waals surface area contributed by atoms with Crippen molar-refractivity contribution < 1.29 is 22.3 Å². The van der Waals surface area contributed by atoms with E-state index in [-0.39, 0.29) is 23.9 Å². The Labute approximate surface area is 194 Å². The summed E-state index contributed by atoms with van der Waals surface area (Å²) in [6, 6.07) is 8.77. The highest BCUT2D eigenvalue weighted by atomic mass is 32.2. The van der Waals surface area contributed by atoms with E-state index in [4.69, 9.17) is 0 Å². The molecule has 1 saturated heterocycles.